The van der Waals surface area contributed by atoms with Crippen LogP contribution in [0.1, 0.15) is 63.2 Å². The minimum atomic E-state index is 0.140. The van der Waals surface area contributed by atoms with Gasteiger partial charge in [0.05, 0.1) is 24.9 Å². The minimum Gasteiger partial charge on any atom is -0.374 e. The summed E-state index contributed by atoms with van der Waals surface area (Å²) in [7, 11) is 4.12. The minimum absolute atomic E-state index is 0.140. The van der Waals surface area contributed by atoms with Crippen LogP contribution in [0.15, 0.2) is 10.7 Å². The third kappa shape index (κ3) is 4.01. The van der Waals surface area contributed by atoms with Crippen molar-refractivity contribution in [2.24, 2.45) is 5.41 Å². The Hall–Kier alpha value is -0.910. The Kier molecular flexibility index (Phi) is 5.33. The van der Waals surface area contributed by atoms with E-state index < -0.39 is 0 Å². The Balaban J connectivity index is 1.58. The summed E-state index contributed by atoms with van der Waals surface area (Å²) >= 11 is 0. The quantitative estimate of drug-likeness (QED) is 0.865. The Morgan fingerprint density at radius 3 is 2.71 bits per heavy atom. The fourth-order valence-corrected chi connectivity index (χ4v) is 4.45. The van der Waals surface area contributed by atoms with Crippen molar-refractivity contribution in [3.8, 4) is 0 Å². The summed E-state index contributed by atoms with van der Waals surface area (Å²) in [6.07, 6.45) is 7.86. The van der Waals surface area contributed by atoms with Gasteiger partial charge in [-0.2, -0.15) is 0 Å². The van der Waals surface area contributed by atoms with Gasteiger partial charge in [0.1, 0.15) is 0 Å². The number of nitrogens with one attached hydrogen (secondary N) is 1. The first kappa shape index (κ1) is 17.9. The van der Waals surface area contributed by atoms with Gasteiger partial charge in [0.15, 0.2) is 5.76 Å². The van der Waals surface area contributed by atoms with Gasteiger partial charge in [-0.25, -0.2) is 0 Å². The zero-order valence-corrected chi connectivity index (χ0v) is 15.7. The molecule has 1 N–H and O–H groups in total. The van der Waals surface area contributed by atoms with Crippen molar-refractivity contribution in [1.29, 1.82) is 0 Å². The molecule has 24 heavy (non-hydrogen) atoms. The monoisotopic (exact) mass is 335 g/mol. The van der Waals surface area contributed by atoms with E-state index in [1.165, 1.54) is 37.7 Å². The molecule has 2 heterocycles. The van der Waals surface area contributed by atoms with Gasteiger partial charge in [0.25, 0.3) is 0 Å². The second kappa shape index (κ2) is 7.14. The van der Waals surface area contributed by atoms with E-state index >= 15 is 0 Å². The predicted octanol–water partition coefficient (Wildman–Crippen LogP) is 3.17. The first-order valence-electron chi connectivity index (χ1n) is 9.34. The molecule has 136 valence electrons. The second-order valence-electron chi connectivity index (χ2n) is 8.63. The van der Waals surface area contributed by atoms with Gasteiger partial charge in [-0.1, -0.05) is 19.0 Å². The number of aromatic nitrogens is 1. The van der Waals surface area contributed by atoms with E-state index in [1.807, 2.05) is 13.2 Å². The topological polar surface area (TPSA) is 50.5 Å². The number of nitrogens with zero attached hydrogens (tertiary/aromatic N) is 2. The van der Waals surface area contributed by atoms with Gasteiger partial charge in [-0.15, -0.1) is 0 Å². The molecule has 2 fully saturated rings. The van der Waals surface area contributed by atoms with Gasteiger partial charge >= 0.3 is 0 Å². The molecule has 0 atom stereocenters. The molecule has 3 rings (SSSR count). The molecule has 0 radical (unpaired) electrons. The number of hydrogen-bond donors (Lipinski definition) is 1. The van der Waals surface area contributed by atoms with Crippen LogP contribution >= 0.6 is 0 Å². The zero-order chi connectivity index (χ0) is 17.2. The smallest absolute Gasteiger partial charge is 0.154 e. The van der Waals surface area contributed by atoms with Crippen molar-refractivity contribution in [2.75, 3.05) is 33.8 Å². The van der Waals surface area contributed by atoms with Crippen LogP contribution in [0.5, 0.6) is 0 Å². The molecular formula is C19H33N3O2. The summed E-state index contributed by atoms with van der Waals surface area (Å²) in [6, 6.07) is 0. The lowest BCUT2D eigenvalue weighted by atomic mass is 9.72. The fraction of sp³-hybridized carbons (Fsp3) is 0.842. The van der Waals surface area contributed by atoms with Gasteiger partial charge in [-0.05, 0) is 57.5 Å². The number of ether oxygens (including phenoxy) is 1. The van der Waals surface area contributed by atoms with Gasteiger partial charge < -0.3 is 14.6 Å². The highest BCUT2D eigenvalue weighted by Gasteiger charge is 2.46. The largest absolute Gasteiger partial charge is 0.374 e. The summed E-state index contributed by atoms with van der Waals surface area (Å²) in [6.45, 7) is 8.39. The van der Waals surface area contributed by atoms with E-state index in [-0.39, 0.29) is 5.60 Å². The predicted molar refractivity (Wildman–Crippen MR) is 95.1 cm³/mol. The van der Waals surface area contributed by atoms with Crippen LogP contribution in [0.2, 0.25) is 0 Å². The number of rotatable bonds is 6. The lowest BCUT2D eigenvalue weighted by Crippen LogP contribution is -2.33. The molecule has 0 unspecified atom stereocenters. The average molecular weight is 335 g/mol. The van der Waals surface area contributed by atoms with E-state index in [2.05, 4.69) is 36.3 Å². The Morgan fingerprint density at radius 1 is 1.33 bits per heavy atom. The van der Waals surface area contributed by atoms with E-state index in [0.717, 1.165) is 32.0 Å². The molecule has 1 aromatic heterocycles. The molecule has 1 saturated carbocycles. The molecule has 5 heteroatoms. The fourth-order valence-electron chi connectivity index (χ4n) is 4.45. The number of likely N-dealkylation sites (N-methyl/N-ethyl adjacent to an activating group) is 2. The maximum absolute atomic E-state index is 6.25. The molecular weight excluding hydrogens is 302 g/mol. The van der Waals surface area contributed by atoms with Crippen LogP contribution in [-0.4, -0.2) is 49.4 Å². The molecule has 1 aliphatic heterocycles. The molecule has 1 aromatic rings. The summed E-state index contributed by atoms with van der Waals surface area (Å²) in [4.78, 5) is 2.29. The van der Waals surface area contributed by atoms with Crippen LogP contribution in [0.3, 0.4) is 0 Å². The van der Waals surface area contributed by atoms with Crippen molar-refractivity contribution in [3.63, 3.8) is 0 Å². The highest BCUT2D eigenvalue weighted by atomic mass is 16.5. The molecule has 1 aliphatic carbocycles. The lowest BCUT2D eigenvalue weighted by Gasteiger charge is -2.37. The average Bonchev–Trinajstić information content (AvgIpc) is 3.11. The standard InChI is InChI=1S/C19H33N3O2/c1-18(2)13-19(23-14-18)7-5-15(6-8-19)16-11-21-24-17(16)12-22(4)10-9-20-3/h11,15,20H,5-10,12-14H2,1-4H3/t15-,19-. The molecule has 1 spiro atoms. The molecule has 5 nitrogen and oxygen atoms in total. The molecule has 1 saturated heterocycles. The van der Waals surface area contributed by atoms with E-state index in [0.29, 0.717) is 11.3 Å². The second-order valence-corrected chi connectivity index (χ2v) is 8.63. The van der Waals surface area contributed by atoms with Crippen molar-refractivity contribution >= 4 is 0 Å². The van der Waals surface area contributed by atoms with E-state index in [1.54, 1.807) is 0 Å². The normalized spacial score (nSPS) is 29.6. The van der Waals surface area contributed by atoms with Crippen molar-refractivity contribution < 1.29 is 9.26 Å². The van der Waals surface area contributed by atoms with Crippen LogP contribution < -0.4 is 5.32 Å². The first-order valence-corrected chi connectivity index (χ1v) is 9.34. The van der Waals surface area contributed by atoms with E-state index in [9.17, 15) is 0 Å². The molecule has 2 aliphatic rings. The van der Waals surface area contributed by atoms with Crippen LogP contribution in [0, 0.1) is 5.41 Å². The van der Waals surface area contributed by atoms with Gasteiger partial charge in [0, 0.05) is 18.7 Å². The summed E-state index contributed by atoms with van der Waals surface area (Å²) in [5.41, 5.74) is 1.80. The van der Waals surface area contributed by atoms with Gasteiger partial charge in [0.2, 0.25) is 0 Å². The first-order chi connectivity index (χ1) is 11.4. The third-order valence-corrected chi connectivity index (χ3v) is 5.74. The van der Waals surface area contributed by atoms with Crippen molar-refractivity contribution in [1.82, 2.24) is 15.4 Å². The SMILES string of the molecule is CNCCN(C)Cc1oncc1[C@H]1CC[C@]2(CC1)CC(C)(C)CO2. The van der Waals surface area contributed by atoms with Gasteiger partial charge in [-0.3, -0.25) is 4.90 Å². The maximum atomic E-state index is 6.25. The summed E-state index contributed by atoms with van der Waals surface area (Å²) in [5.74, 6) is 1.61. The van der Waals surface area contributed by atoms with Crippen LogP contribution in [0.25, 0.3) is 0 Å². The van der Waals surface area contributed by atoms with Crippen LogP contribution in [-0.2, 0) is 11.3 Å². The van der Waals surface area contributed by atoms with Crippen molar-refractivity contribution in [2.45, 2.75) is 64.0 Å². The Bertz CT molecular complexity index is 532. The van der Waals surface area contributed by atoms with Crippen molar-refractivity contribution in [3.05, 3.63) is 17.5 Å². The highest BCUT2D eigenvalue weighted by Crippen LogP contribution is 2.50. The summed E-state index contributed by atoms with van der Waals surface area (Å²) < 4.78 is 11.8. The lowest BCUT2D eigenvalue weighted by molar-refractivity contribution is -0.0294. The maximum Gasteiger partial charge on any atom is 0.154 e. The van der Waals surface area contributed by atoms with Crippen LogP contribution in [0.4, 0.5) is 0 Å². The zero-order valence-electron chi connectivity index (χ0n) is 15.7. The molecule has 0 bridgehead atoms. The number of hydrogen-bond acceptors (Lipinski definition) is 5. The Labute approximate surface area is 146 Å². The van der Waals surface area contributed by atoms with E-state index in [4.69, 9.17) is 9.26 Å². The third-order valence-electron chi connectivity index (χ3n) is 5.74. The molecule has 0 aromatic carbocycles. The Morgan fingerprint density at radius 2 is 2.08 bits per heavy atom. The molecule has 0 amide bonds. The summed E-state index contributed by atoms with van der Waals surface area (Å²) in [5, 5.41) is 7.28. The highest BCUT2D eigenvalue weighted by molar-refractivity contribution is 5.20.